The number of hydrogen-bond donors (Lipinski definition) is 2. The Kier molecular flexibility index (Phi) is 6.87. The van der Waals surface area contributed by atoms with Gasteiger partial charge in [0.05, 0.1) is 7.11 Å². The Labute approximate surface area is 120 Å². The molecule has 0 spiro atoms. The lowest BCUT2D eigenvalue weighted by molar-refractivity contribution is -0.122. The van der Waals surface area contributed by atoms with E-state index < -0.39 is 0 Å². The molecule has 0 radical (unpaired) electrons. The predicted octanol–water partition coefficient (Wildman–Crippen LogP) is 1.57. The Hall–Kier alpha value is -1.75. The number of hydrogen-bond acceptors (Lipinski definition) is 4. The van der Waals surface area contributed by atoms with E-state index in [1.54, 1.807) is 14.2 Å². The first-order valence-electron chi connectivity index (χ1n) is 6.78. The van der Waals surface area contributed by atoms with Crippen LogP contribution in [0.15, 0.2) is 18.2 Å². The Morgan fingerprint density at radius 1 is 1.35 bits per heavy atom. The molecule has 1 amide bonds. The Morgan fingerprint density at radius 2 is 2.10 bits per heavy atom. The number of rotatable bonds is 8. The highest BCUT2D eigenvalue weighted by atomic mass is 16.5. The summed E-state index contributed by atoms with van der Waals surface area (Å²) < 4.78 is 10.9. The van der Waals surface area contributed by atoms with E-state index in [1.165, 1.54) is 0 Å². The number of likely N-dealkylation sites (N-methyl/N-ethyl adjacent to an activating group) is 1. The lowest BCUT2D eigenvalue weighted by Gasteiger charge is -2.15. The lowest BCUT2D eigenvalue weighted by Crippen LogP contribution is -2.25. The van der Waals surface area contributed by atoms with Gasteiger partial charge in [-0.15, -0.1) is 0 Å². The monoisotopic (exact) mass is 280 g/mol. The van der Waals surface area contributed by atoms with Gasteiger partial charge in [-0.1, -0.05) is 26.0 Å². The first-order chi connectivity index (χ1) is 9.58. The average Bonchev–Trinajstić information content (AvgIpc) is 2.44. The van der Waals surface area contributed by atoms with Crippen LogP contribution in [0, 0.1) is 5.92 Å². The standard InChI is InChI=1S/C15H24N2O3/c1-11(2)8-17-9-12-6-5-7-13(19-4)15(12)20-10-14(18)16-3/h5-7,11,17H,8-10H2,1-4H3,(H,16,18). The molecule has 112 valence electrons. The van der Waals surface area contributed by atoms with Crippen LogP contribution in [0.5, 0.6) is 11.5 Å². The minimum atomic E-state index is -0.169. The van der Waals surface area contributed by atoms with Crippen LogP contribution in [0.2, 0.25) is 0 Å². The van der Waals surface area contributed by atoms with Crippen LogP contribution < -0.4 is 20.1 Å². The minimum absolute atomic E-state index is 0.0198. The van der Waals surface area contributed by atoms with Gasteiger partial charge in [-0.2, -0.15) is 0 Å². The van der Waals surface area contributed by atoms with Gasteiger partial charge in [0.15, 0.2) is 18.1 Å². The molecule has 5 heteroatoms. The topological polar surface area (TPSA) is 59.6 Å². The number of ether oxygens (including phenoxy) is 2. The predicted molar refractivity (Wildman–Crippen MR) is 79.1 cm³/mol. The summed E-state index contributed by atoms with van der Waals surface area (Å²) >= 11 is 0. The molecule has 0 saturated carbocycles. The van der Waals surface area contributed by atoms with Crippen LogP contribution >= 0.6 is 0 Å². The molecule has 0 bridgehead atoms. The summed E-state index contributed by atoms with van der Waals surface area (Å²) in [5, 5.41) is 5.89. The third-order valence-corrected chi connectivity index (χ3v) is 2.77. The van der Waals surface area contributed by atoms with Crippen LogP contribution in [0.3, 0.4) is 0 Å². The molecule has 0 fully saturated rings. The number of carbonyl (C=O) groups is 1. The Bertz CT molecular complexity index is 433. The van der Waals surface area contributed by atoms with Gasteiger partial charge in [0.1, 0.15) is 0 Å². The normalized spacial score (nSPS) is 10.4. The van der Waals surface area contributed by atoms with Gasteiger partial charge in [-0.25, -0.2) is 0 Å². The lowest BCUT2D eigenvalue weighted by atomic mass is 10.1. The minimum Gasteiger partial charge on any atom is -0.493 e. The van der Waals surface area contributed by atoms with E-state index >= 15 is 0 Å². The molecule has 0 saturated heterocycles. The van der Waals surface area contributed by atoms with Gasteiger partial charge >= 0.3 is 0 Å². The first-order valence-corrected chi connectivity index (χ1v) is 6.78. The van der Waals surface area contributed by atoms with Crippen molar-refractivity contribution in [1.82, 2.24) is 10.6 Å². The summed E-state index contributed by atoms with van der Waals surface area (Å²) in [6.07, 6.45) is 0. The maximum Gasteiger partial charge on any atom is 0.257 e. The third-order valence-electron chi connectivity index (χ3n) is 2.77. The SMILES string of the molecule is CNC(=O)COc1c(CNCC(C)C)cccc1OC. The molecule has 0 aliphatic carbocycles. The zero-order valence-electron chi connectivity index (χ0n) is 12.7. The second-order valence-corrected chi connectivity index (χ2v) is 4.94. The fraction of sp³-hybridized carbons (Fsp3) is 0.533. The second-order valence-electron chi connectivity index (χ2n) is 4.94. The van der Waals surface area contributed by atoms with Crippen LogP contribution in [-0.4, -0.2) is 33.2 Å². The summed E-state index contributed by atoms with van der Waals surface area (Å²) in [6.45, 7) is 5.89. The van der Waals surface area contributed by atoms with Gasteiger partial charge in [0.2, 0.25) is 0 Å². The number of carbonyl (C=O) groups excluding carboxylic acids is 1. The quantitative estimate of drug-likeness (QED) is 0.759. The molecule has 0 aromatic heterocycles. The maximum absolute atomic E-state index is 11.3. The fourth-order valence-corrected chi connectivity index (χ4v) is 1.73. The van der Waals surface area contributed by atoms with Crippen molar-refractivity contribution in [2.75, 3.05) is 27.3 Å². The largest absolute Gasteiger partial charge is 0.493 e. The maximum atomic E-state index is 11.3. The van der Waals surface area contributed by atoms with E-state index in [1.807, 2.05) is 18.2 Å². The van der Waals surface area contributed by atoms with Crippen molar-refractivity contribution in [3.8, 4) is 11.5 Å². The van der Waals surface area contributed by atoms with Crippen LogP contribution in [0.1, 0.15) is 19.4 Å². The zero-order valence-corrected chi connectivity index (χ0v) is 12.7. The molecule has 5 nitrogen and oxygen atoms in total. The van der Waals surface area contributed by atoms with E-state index in [0.717, 1.165) is 12.1 Å². The first kappa shape index (κ1) is 16.3. The number of para-hydroxylation sites is 1. The van der Waals surface area contributed by atoms with E-state index in [-0.39, 0.29) is 12.5 Å². The average molecular weight is 280 g/mol. The molecule has 0 aliphatic rings. The smallest absolute Gasteiger partial charge is 0.257 e. The van der Waals surface area contributed by atoms with Gasteiger partial charge in [-0.3, -0.25) is 4.79 Å². The van der Waals surface area contributed by atoms with E-state index in [9.17, 15) is 4.79 Å². The highest BCUT2D eigenvalue weighted by molar-refractivity contribution is 5.77. The summed E-state index contributed by atoms with van der Waals surface area (Å²) in [7, 11) is 3.17. The number of benzene rings is 1. The second kappa shape index (κ2) is 8.43. The summed E-state index contributed by atoms with van der Waals surface area (Å²) in [4.78, 5) is 11.3. The van der Waals surface area contributed by atoms with E-state index in [4.69, 9.17) is 9.47 Å². The van der Waals surface area contributed by atoms with E-state index in [2.05, 4.69) is 24.5 Å². The highest BCUT2D eigenvalue weighted by Gasteiger charge is 2.12. The van der Waals surface area contributed by atoms with Crippen molar-refractivity contribution in [3.63, 3.8) is 0 Å². The molecule has 0 aliphatic heterocycles. The molecule has 0 unspecified atom stereocenters. The third kappa shape index (κ3) is 5.09. The molecule has 1 rings (SSSR count). The number of nitrogens with one attached hydrogen (secondary N) is 2. The van der Waals surface area contributed by atoms with Crippen LogP contribution in [-0.2, 0) is 11.3 Å². The molecular weight excluding hydrogens is 256 g/mol. The Balaban J connectivity index is 2.78. The fourth-order valence-electron chi connectivity index (χ4n) is 1.73. The van der Waals surface area contributed by atoms with Crippen molar-refractivity contribution in [2.45, 2.75) is 20.4 Å². The molecule has 2 N–H and O–H groups in total. The summed E-state index contributed by atoms with van der Waals surface area (Å²) in [6, 6.07) is 5.71. The van der Waals surface area contributed by atoms with Crippen LogP contribution in [0.4, 0.5) is 0 Å². The van der Waals surface area contributed by atoms with Gasteiger partial charge < -0.3 is 20.1 Å². The van der Waals surface area contributed by atoms with Crippen molar-refractivity contribution in [1.29, 1.82) is 0 Å². The molecular formula is C15H24N2O3. The highest BCUT2D eigenvalue weighted by Crippen LogP contribution is 2.31. The number of amides is 1. The Morgan fingerprint density at radius 3 is 2.70 bits per heavy atom. The summed E-state index contributed by atoms with van der Waals surface area (Å²) in [5.41, 5.74) is 0.980. The van der Waals surface area contributed by atoms with Gasteiger partial charge in [0.25, 0.3) is 5.91 Å². The summed E-state index contributed by atoms with van der Waals surface area (Å²) in [5.74, 6) is 1.67. The molecule has 1 aromatic rings. The van der Waals surface area contributed by atoms with Crippen molar-refractivity contribution in [3.05, 3.63) is 23.8 Å². The van der Waals surface area contributed by atoms with Crippen molar-refractivity contribution < 1.29 is 14.3 Å². The molecule has 20 heavy (non-hydrogen) atoms. The van der Waals surface area contributed by atoms with Gasteiger partial charge in [-0.05, 0) is 18.5 Å². The molecule has 0 heterocycles. The molecule has 0 atom stereocenters. The van der Waals surface area contributed by atoms with Crippen molar-refractivity contribution >= 4 is 5.91 Å². The molecule has 1 aromatic carbocycles. The van der Waals surface area contributed by atoms with Crippen molar-refractivity contribution in [2.24, 2.45) is 5.92 Å². The van der Waals surface area contributed by atoms with Gasteiger partial charge in [0, 0.05) is 19.2 Å². The number of methoxy groups -OCH3 is 1. The van der Waals surface area contributed by atoms with E-state index in [0.29, 0.717) is 24.0 Å². The zero-order chi connectivity index (χ0) is 15.0. The van der Waals surface area contributed by atoms with Crippen LogP contribution in [0.25, 0.3) is 0 Å².